The van der Waals surface area contributed by atoms with Crippen molar-refractivity contribution in [3.05, 3.63) is 101 Å². The van der Waals surface area contributed by atoms with E-state index < -0.39 is 0 Å². The van der Waals surface area contributed by atoms with Crippen molar-refractivity contribution in [2.75, 3.05) is 7.11 Å². The van der Waals surface area contributed by atoms with Crippen LogP contribution in [-0.2, 0) is 35.6 Å². The Labute approximate surface area is 205 Å². The summed E-state index contributed by atoms with van der Waals surface area (Å²) in [6, 6.07) is 25.1. The van der Waals surface area contributed by atoms with Crippen molar-refractivity contribution in [1.29, 1.82) is 0 Å². The minimum Gasteiger partial charge on any atom is -0.489 e. The number of methoxy groups -OCH3 is 1. The van der Waals surface area contributed by atoms with Crippen LogP contribution in [0.4, 0.5) is 0 Å². The molecule has 0 amide bonds. The van der Waals surface area contributed by atoms with Gasteiger partial charge in [0.05, 0.1) is 13.5 Å². The monoisotopic (exact) mass is 471 g/mol. The summed E-state index contributed by atoms with van der Waals surface area (Å²) in [5.41, 5.74) is 3.56. The average Bonchev–Trinajstić information content (AvgIpc) is 3.31. The largest absolute Gasteiger partial charge is 0.489 e. The predicted octanol–water partition coefficient (Wildman–Crippen LogP) is 6.17. The zero-order chi connectivity index (χ0) is 24.5. The zero-order valence-electron chi connectivity index (χ0n) is 20.0. The lowest BCUT2D eigenvalue weighted by Gasteiger charge is -2.11. The summed E-state index contributed by atoms with van der Waals surface area (Å²) in [5.74, 6) is 2.59. The summed E-state index contributed by atoms with van der Waals surface area (Å²) in [5, 5.41) is 0. The van der Waals surface area contributed by atoms with Gasteiger partial charge in [-0.1, -0.05) is 55.5 Å². The van der Waals surface area contributed by atoms with Crippen LogP contribution < -0.4 is 9.47 Å². The fraction of sp³-hybridized carbons (Fsp3) is 0.241. The quantitative estimate of drug-likeness (QED) is 0.244. The Bertz CT molecular complexity index is 1230. The topological polar surface area (TPSA) is 70.8 Å². The summed E-state index contributed by atoms with van der Waals surface area (Å²) in [6.07, 6.45) is 1.95. The highest BCUT2D eigenvalue weighted by atomic mass is 16.5. The second kappa shape index (κ2) is 11.9. The lowest BCUT2D eigenvalue weighted by Crippen LogP contribution is -2.06. The maximum Gasteiger partial charge on any atom is 0.310 e. The van der Waals surface area contributed by atoms with Gasteiger partial charge in [0.1, 0.15) is 36.2 Å². The minimum atomic E-state index is -0.298. The first-order chi connectivity index (χ1) is 17.2. The first-order valence-corrected chi connectivity index (χ1v) is 11.7. The Morgan fingerprint density at radius 1 is 0.886 bits per heavy atom. The molecule has 0 radical (unpaired) electrons. The standard InChI is InChI=1S/C29H29NO5/c1-3-9-27-25(30-29(35-27)22-10-5-4-6-11-22)20-33-24-16-14-21(15-17-24)19-34-26-13-8-7-12-23(26)18-28(31)32-2/h4-8,10-17H,3,9,18-20H2,1-2H3. The molecule has 0 unspecified atom stereocenters. The number of hydrogen-bond donors (Lipinski definition) is 0. The van der Waals surface area contributed by atoms with Crippen molar-refractivity contribution >= 4 is 5.97 Å². The van der Waals surface area contributed by atoms with Crippen LogP contribution in [0.2, 0.25) is 0 Å². The average molecular weight is 472 g/mol. The van der Waals surface area contributed by atoms with Crippen LogP contribution in [0.1, 0.15) is 35.9 Å². The van der Waals surface area contributed by atoms with Crippen molar-refractivity contribution < 1.29 is 23.4 Å². The number of aryl methyl sites for hydroxylation is 1. The third-order valence-corrected chi connectivity index (χ3v) is 5.50. The molecule has 0 bridgehead atoms. The van der Waals surface area contributed by atoms with Crippen LogP contribution >= 0.6 is 0 Å². The highest BCUT2D eigenvalue weighted by Crippen LogP contribution is 2.25. The maximum absolute atomic E-state index is 11.6. The highest BCUT2D eigenvalue weighted by Gasteiger charge is 2.15. The summed E-state index contributed by atoms with van der Waals surface area (Å²) < 4.78 is 22.8. The van der Waals surface area contributed by atoms with Gasteiger partial charge in [-0.05, 0) is 42.3 Å². The fourth-order valence-electron chi connectivity index (χ4n) is 3.64. The lowest BCUT2D eigenvalue weighted by molar-refractivity contribution is -0.139. The van der Waals surface area contributed by atoms with Gasteiger partial charge >= 0.3 is 5.97 Å². The van der Waals surface area contributed by atoms with Crippen LogP contribution in [0.5, 0.6) is 11.5 Å². The lowest BCUT2D eigenvalue weighted by atomic mass is 10.1. The number of aromatic nitrogens is 1. The number of rotatable bonds is 11. The summed E-state index contributed by atoms with van der Waals surface area (Å²) in [6.45, 7) is 2.83. The molecule has 0 aliphatic carbocycles. The van der Waals surface area contributed by atoms with Gasteiger partial charge in [0.25, 0.3) is 0 Å². The van der Waals surface area contributed by atoms with E-state index in [1.165, 1.54) is 7.11 Å². The van der Waals surface area contributed by atoms with Crippen LogP contribution in [-0.4, -0.2) is 18.1 Å². The van der Waals surface area contributed by atoms with E-state index >= 15 is 0 Å². The Morgan fingerprint density at radius 2 is 1.63 bits per heavy atom. The maximum atomic E-state index is 11.6. The molecule has 3 aromatic carbocycles. The van der Waals surface area contributed by atoms with Crippen molar-refractivity contribution in [1.82, 2.24) is 4.98 Å². The smallest absolute Gasteiger partial charge is 0.310 e. The van der Waals surface area contributed by atoms with E-state index in [4.69, 9.17) is 18.6 Å². The number of benzene rings is 3. The van der Waals surface area contributed by atoms with Crippen molar-refractivity contribution in [3.8, 4) is 23.0 Å². The first-order valence-electron chi connectivity index (χ1n) is 11.7. The molecular formula is C29H29NO5. The van der Waals surface area contributed by atoms with Crippen molar-refractivity contribution in [3.63, 3.8) is 0 Å². The summed E-state index contributed by atoms with van der Waals surface area (Å²) in [7, 11) is 1.38. The number of para-hydroxylation sites is 1. The van der Waals surface area contributed by atoms with Gasteiger partial charge in [-0.25, -0.2) is 4.98 Å². The Balaban J connectivity index is 1.37. The number of esters is 1. The van der Waals surface area contributed by atoms with E-state index in [9.17, 15) is 4.79 Å². The van der Waals surface area contributed by atoms with E-state index in [2.05, 4.69) is 11.9 Å². The fourth-order valence-corrected chi connectivity index (χ4v) is 3.64. The predicted molar refractivity (Wildman–Crippen MR) is 133 cm³/mol. The molecule has 0 atom stereocenters. The number of ether oxygens (including phenoxy) is 3. The van der Waals surface area contributed by atoms with Crippen LogP contribution in [0.15, 0.2) is 83.3 Å². The molecule has 180 valence electrons. The summed E-state index contributed by atoms with van der Waals surface area (Å²) >= 11 is 0. The Hall–Kier alpha value is -4.06. The normalized spacial score (nSPS) is 10.7. The van der Waals surface area contributed by atoms with Gasteiger partial charge in [-0.15, -0.1) is 0 Å². The van der Waals surface area contributed by atoms with Gasteiger partial charge < -0.3 is 18.6 Å². The molecule has 0 N–H and O–H groups in total. The molecule has 6 nitrogen and oxygen atoms in total. The molecule has 0 saturated carbocycles. The van der Waals surface area contributed by atoms with E-state index in [-0.39, 0.29) is 12.4 Å². The highest BCUT2D eigenvalue weighted by molar-refractivity contribution is 5.73. The van der Waals surface area contributed by atoms with Gasteiger partial charge in [-0.2, -0.15) is 0 Å². The summed E-state index contributed by atoms with van der Waals surface area (Å²) in [4.78, 5) is 16.3. The molecule has 0 spiro atoms. The van der Waals surface area contributed by atoms with Gasteiger partial charge in [-0.3, -0.25) is 4.79 Å². The number of nitrogens with zero attached hydrogens (tertiary/aromatic N) is 1. The van der Waals surface area contributed by atoms with Crippen molar-refractivity contribution in [2.24, 2.45) is 0 Å². The third kappa shape index (κ3) is 6.51. The first kappa shape index (κ1) is 24.1. The molecule has 4 aromatic rings. The molecule has 1 heterocycles. The molecule has 0 saturated heterocycles. The van der Waals surface area contributed by atoms with Crippen LogP contribution in [0.25, 0.3) is 11.5 Å². The number of carbonyl (C=O) groups is 1. The Morgan fingerprint density at radius 3 is 2.37 bits per heavy atom. The molecule has 0 aliphatic rings. The van der Waals surface area contributed by atoms with Gasteiger partial charge in [0.15, 0.2) is 0 Å². The van der Waals surface area contributed by atoms with E-state index in [0.29, 0.717) is 24.9 Å². The Kier molecular flexibility index (Phi) is 8.17. The molecule has 0 aliphatic heterocycles. The minimum absolute atomic E-state index is 0.174. The van der Waals surface area contributed by atoms with E-state index in [1.54, 1.807) is 0 Å². The van der Waals surface area contributed by atoms with E-state index in [1.807, 2.05) is 78.9 Å². The number of hydrogen-bond acceptors (Lipinski definition) is 6. The van der Waals surface area contributed by atoms with Crippen LogP contribution in [0, 0.1) is 0 Å². The van der Waals surface area contributed by atoms with Crippen molar-refractivity contribution in [2.45, 2.75) is 39.4 Å². The van der Waals surface area contributed by atoms with E-state index in [0.717, 1.165) is 46.7 Å². The third-order valence-electron chi connectivity index (χ3n) is 5.50. The van der Waals surface area contributed by atoms with Gasteiger partial charge in [0.2, 0.25) is 5.89 Å². The molecule has 1 aromatic heterocycles. The number of oxazole rings is 1. The molecule has 6 heteroatoms. The number of carbonyl (C=O) groups excluding carboxylic acids is 1. The molecule has 0 fully saturated rings. The second-order valence-corrected chi connectivity index (χ2v) is 8.09. The van der Waals surface area contributed by atoms with Gasteiger partial charge in [0, 0.05) is 17.5 Å². The van der Waals surface area contributed by atoms with Crippen LogP contribution in [0.3, 0.4) is 0 Å². The molecular weight excluding hydrogens is 442 g/mol. The molecule has 35 heavy (non-hydrogen) atoms. The molecule has 4 rings (SSSR count). The zero-order valence-corrected chi connectivity index (χ0v) is 20.0. The SMILES string of the molecule is CCCc1oc(-c2ccccc2)nc1COc1ccc(COc2ccccc2CC(=O)OC)cc1. The second-order valence-electron chi connectivity index (χ2n) is 8.09.